The van der Waals surface area contributed by atoms with Crippen molar-refractivity contribution in [2.45, 2.75) is 12.8 Å². The monoisotopic (exact) mass is 392 g/mol. The van der Waals surface area contributed by atoms with Crippen LogP contribution in [-0.2, 0) is 6.42 Å². The number of amides is 1. The number of carboxylic acid groups (broad SMARTS) is 1. The van der Waals surface area contributed by atoms with Crippen LogP contribution in [-0.4, -0.2) is 38.9 Å². The lowest BCUT2D eigenvalue weighted by Gasteiger charge is -2.09. The molecule has 0 aliphatic heterocycles. The summed E-state index contributed by atoms with van der Waals surface area (Å²) in [5.41, 5.74) is 2.24. The molecular weight excluding hydrogens is 377 g/mol. The zero-order chi connectivity index (χ0) is 20.1. The van der Waals surface area contributed by atoms with Gasteiger partial charge in [0.25, 0.3) is 0 Å². The molecule has 0 atom stereocenters. The first-order valence-corrected chi connectivity index (χ1v) is 8.14. The van der Waals surface area contributed by atoms with Crippen molar-refractivity contribution in [3.05, 3.63) is 60.4 Å². The van der Waals surface area contributed by atoms with Crippen LogP contribution in [0.4, 0.5) is 18.0 Å². The van der Waals surface area contributed by atoms with E-state index in [1.54, 1.807) is 0 Å². The highest BCUT2D eigenvalue weighted by Gasteiger charge is 2.30. The molecule has 10 heteroatoms. The lowest BCUT2D eigenvalue weighted by atomic mass is 10.1. The molecule has 3 rings (SSSR count). The van der Waals surface area contributed by atoms with E-state index in [1.165, 1.54) is 35.3 Å². The summed E-state index contributed by atoms with van der Waals surface area (Å²) in [6.45, 7) is 0.315. The molecule has 0 spiro atoms. The Balaban J connectivity index is 1.67. The quantitative estimate of drug-likeness (QED) is 0.669. The van der Waals surface area contributed by atoms with Gasteiger partial charge in [-0.25, -0.2) is 14.5 Å². The third kappa shape index (κ3) is 5.22. The van der Waals surface area contributed by atoms with Crippen LogP contribution >= 0.6 is 0 Å². The molecular formula is C18H15F3N4O3. The number of benzene rings is 2. The Labute approximate surface area is 157 Å². The maximum Gasteiger partial charge on any atom is 0.573 e. The zero-order valence-corrected chi connectivity index (χ0v) is 14.3. The van der Waals surface area contributed by atoms with E-state index < -0.39 is 12.5 Å². The highest BCUT2D eigenvalue weighted by atomic mass is 19.4. The van der Waals surface area contributed by atoms with Crippen LogP contribution in [0.3, 0.4) is 0 Å². The number of nitrogens with zero attached hydrogens (tertiary/aromatic N) is 3. The minimum atomic E-state index is -4.74. The number of alkyl halides is 3. The number of aromatic nitrogens is 3. The van der Waals surface area contributed by atoms with Crippen LogP contribution in [0.1, 0.15) is 5.56 Å². The van der Waals surface area contributed by atoms with Gasteiger partial charge in [0.15, 0.2) is 5.82 Å². The third-order valence-corrected chi connectivity index (χ3v) is 3.73. The second-order valence-electron chi connectivity index (χ2n) is 5.73. The van der Waals surface area contributed by atoms with Crippen LogP contribution in [0.25, 0.3) is 17.1 Å². The van der Waals surface area contributed by atoms with Crippen molar-refractivity contribution < 1.29 is 27.8 Å². The zero-order valence-electron chi connectivity index (χ0n) is 14.3. The van der Waals surface area contributed by atoms with Gasteiger partial charge in [-0.05, 0) is 36.2 Å². The molecule has 146 valence electrons. The highest BCUT2D eigenvalue weighted by Crippen LogP contribution is 2.24. The molecule has 1 amide bonds. The van der Waals surface area contributed by atoms with Gasteiger partial charge >= 0.3 is 12.5 Å². The lowest BCUT2D eigenvalue weighted by molar-refractivity contribution is -0.274. The molecule has 3 aromatic rings. The van der Waals surface area contributed by atoms with Gasteiger partial charge in [-0.3, -0.25) is 0 Å². The molecule has 0 saturated heterocycles. The van der Waals surface area contributed by atoms with Gasteiger partial charge < -0.3 is 15.2 Å². The average Bonchev–Trinajstić information content (AvgIpc) is 3.11. The smallest absolute Gasteiger partial charge is 0.465 e. The van der Waals surface area contributed by atoms with E-state index >= 15 is 0 Å². The molecule has 7 nitrogen and oxygen atoms in total. The topological polar surface area (TPSA) is 89.3 Å². The van der Waals surface area contributed by atoms with Crippen molar-refractivity contribution in [2.24, 2.45) is 0 Å². The largest absolute Gasteiger partial charge is 0.573 e. The molecule has 0 bridgehead atoms. The van der Waals surface area contributed by atoms with Gasteiger partial charge in [-0.15, -0.1) is 18.3 Å². The van der Waals surface area contributed by atoms with E-state index in [4.69, 9.17) is 5.11 Å². The molecule has 2 aromatic carbocycles. The summed E-state index contributed by atoms with van der Waals surface area (Å²) in [5, 5.41) is 15.2. The van der Waals surface area contributed by atoms with Crippen molar-refractivity contribution in [1.82, 2.24) is 20.1 Å². The van der Waals surface area contributed by atoms with Crippen LogP contribution in [0, 0.1) is 0 Å². The highest BCUT2D eigenvalue weighted by molar-refractivity contribution is 5.64. The number of hydrogen-bond donors (Lipinski definition) is 2. The van der Waals surface area contributed by atoms with Crippen molar-refractivity contribution in [2.75, 3.05) is 6.54 Å². The summed E-state index contributed by atoms with van der Waals surface area (Å²) in [5.74, 6) is 0.135. The van der Waals surface area contributed by atoms with E-state index in [9.17, 15) is 18.0 Å². The predicted molar refractivity (Wildman–Crippen MR) is 93.2 cm³/mol. The van der Waals surface area contributed by atoms with Gasteiger partial charge in [-0.2, -0.15) is 0 Å². The summed E-state index contributed by atoms with van der Waals surface area (Å²) in [4.78, 5) is 14.7. The molecule has 28 heavy (non-hydrogen) atoms. The van der Waals surface area contributed by atoms with Crippen molar-refractivity contribution >= 4 is 6.09 Å². The van der Waals surface area contributed by atoms with Crippen molar-refractivity contribution in [3.63, 3.8) is 0 Å². The molecule has 0 unspecified atom stereocenters. The molecule has 2 N–H and O–H groups in total. The van der Waals surface area contributed by atoms with Gasteiger partial charge in [0.05, 0.1) is 5.69 Å². The first-order valence-electron chi connectivity index (χ1n) is 8.14. The van der Waals surface area contributed by atoms with Crippen LogP contribution in [0.15, 0.2) is 54.9 Å². The summed E-state index contributed by atoms with van der Waals surface area (Å²) < 4.78 is 41.9. The fourth-order valence-corrected chi connectivity index (χ4v) is 2.45. The number of carbonyl (C=O) groups is 1. The van der Waals surface area contributed by atoms with E-state index in [1.807, 2.05) is 24.3 Å². The normalized spacial score (nSPS) is 11.2. The van der Waals surface area contributed by atoms with Crippen molar-refractivity contribution in [3.8, 4) is 22.8 Å². The Hall–Kier alpha value is -3.56. The Morgan fingerprint density at radius 1 is 1.11 bits per heavy atom. The maximum atomic E-state index is 12.2. The molecule has 0 radical (unpaired) electrons. The number of ether oxygens (including phenoxy) is 1. The number of rotatable bonds is 6. The molecule has 1 heterocycles. The fourth-order valence-electron chi connectivity index (χ4n) is 2.45. The van der Waals surface area contributed by atoms with Gasteiger partial charge in [0.1, 0.15) is 12.1 Å². The second kappa shape index (κ2) is 7.99. The summed E-state index contributed by atoms with van der Waals surface area (Å²) in [6, 6.07) is 12.6. The van der Waals surface area contributed by atoms with Gasteiger partial charge in [0, 0.05) is 12.1 Å². The van der Waals surface area contributed by atoms with Crippen LogP contribution in [0.2, 0.25) is 0 Å². The summed E-state index contributed by atoms with van der Waals surface area (Å²) in [6.07, 6.45) is -3.79. The lowest BCUT2D eigenvalue weighted by Crippen LogP contribution is -2.23. The molecule has 0 saturated carbocycles. The molecule has 1 aromatic heterocycles. The average molecular weight is 392 g/mol. The minimum Gasteiger partial charge on any atom is -0.465 e. The fraction of sp³-hybridized carbons (Fsp3) is 0.167. The first kappa shape index (κ1) is 19.2. The Morgan fingerprint density at radius 3 is 2.39 bits per heavy atom. The van der Waals surface area contributed by atoms with E-state index in [0.717, 1.165) is 11.1 Å². The number of halogens is 3. The van der Waals surface area contributed by atoms with Gasteiger partial charge in [0.2, 0.25) is 0 Å². The van der Waals surface area contributed by atoms with Crippen molar-refractivity contribution in [1.29, 1.82) is 0 Å². The summed E-state index contributed by atoms with van der Waals surface area (Å²) >= 11 is 0. The molecule has 0 aliphatic carbocycles. The number of hydrogen-bond acceptors (Lipinski definition) is 4. The number of nitrogens with one attached hydrogen (secondary N) is 1. The van der Waals surface area contributed by atoms with E-state index in [-0.39, 0.29) is 5.75 Å². The second-order valence-corrected chi connectivity index (χ2v) is 5.73. The van der Waals surface area contributed by atoms with Crippen LogP contribution < -0.4 is 10.1 Å². The third-order valence-electron chi connectivity index (χ3n) is 3.73. The molecule has 0 fully saturated rings. The van der Waals surface area contributed by atoms with E-state index in [0.29, 0.717) is 24.5 Å². The van der Waals surface area contributed by atoms with Crippen LogP contribution in [0.5, 0.6) is 5.75 Å². The Morgan fingerprint density at radius 2 is 1.79 bits per heavy atom. The maximum absolute atomic E-state index is 12.2. The molecule has 0 aliphatic rings. The predicted octanol–water partition coefficient (Wildman–Crippen LogP) is 3.64. The SMILES string of the molecule is O=C(O)NCCc1ccc(-c2ncn(-c3ccc(OC(F)(F)F)cc3)n2)cc1. The van der Waals surface area contributed by atoms with E-state index in [2.05, 4.69) is 20.1 Å². The standard InChI is InChI=1S/C18H15F3N4O3/c19-18(20,21)28-15-7-5-14(6-8-15)25-11-23-16(24-25)13-3-1-12(2-4-13)9-10-22-17(26)27/h1-8,11,22H,9-10H2,(H,26,27). The van der Waals surface area contributed by atoms with Gasteiger partial charge in [-0.1, -0.05) is 24.3 Å². The Kier molecular flexibility index (Phi) is 5.48. The Bertz CT molecular complexity index is 938. The summed E-state index contributed by atoms with van der Waals surface area (Å²) in [7, 11) is 0. The first-order chi connectivity index (χ1) is 13.3. The minimum absolute atomic E-state index is 0.315.